The molecule has 0 saturated heterocycles. The van der Waals surface area contributed by atoms with E-state index in [1.165, 1.54) is 18.3 Å². The fourth-order valence-corrected chi connectivity index (χ4v) is 12.9. The molecule has 0 aliphatic rings. The van der Waals surface area contributed by atoms with Crippen LogP contribution in [0.25, 0.3) is 0 Å². The maximum atomic E-state index is 6.07. The number of benzene rings is 2. The van der Waals surface area contributed by atoms with Crippen molar-refractivity contribution in [3.63, 3.8) is 0 Å². The summed E-state index contributed by atoms with van der Waals surface area (Å²) in [5.41, 5.74) is 16.5. The van der Waals surface area contributed by atoms with Gasteiger partial charge in [0.2, 0.25) is 0 Å². The van der Waals surface area contributed by atoms with Gasteiger partial charge in [0.15, 0.2) is 0 Å². The molecule has 4 N–H and O–H groups in total. The van der Waals surface area contributed by atoms with Gasteiger partial charge in [-0.05, 0) is 0 Å². The summed E-state index contributed by atoms with van der Waals surface area (Å²) in [6.07, 6.45) is 0. The van der Waals surface area contributed by atoms with Crippen LogP contribution in [0.4, 0.5) is 11.4 Å². The Bertz CT molecular complexity index is 516. The number of aryl methyl sites for hydroxylation is 2. The first-order valence-corrected chi connectivity index (χ1v) is 15.3. The molecule has 0 saturated carbocycles. The molecule has 0 aliphatic heterocycles. The predicted molar refractivity (Wildman–Crippen MR) is 82.0 cm³/mol. The second-order valence-electron chi connectivity index (χ2n) is 4.25. The first kappa shape index (κ1) is 14.0. The summed E-state index contributed by atoms with van der Waals surface area (Å²) in [5, 5.41) is 0. The van der Waals surface area contributed by atoms with Crippen LogP contribution in [-0.4, -0.2) is 34.1 Å². The van der Waals surface area contributed by atoms with Crippen LogP contribution in [0.5, 0.6) is 0 Å². The van der Waals surface area contributed by atoms with Crippen LogP contribution >= 0.6 is 0 Å². The summed E-state index contributed by atoms with van der Waals surface area (Å²) >= 11 is -0.357. The SMILES string of the molecule is Cc1ccc([Te][Te]c2ccc(C)cc2N)c(N)c1. The van der Waals surface area contributed by atoms with Gasteiger partial charge in [0.25, 0.3) is 0 Å². The van der Waals surface area contributed by atoms with Crippen molar-refractivity contribution in [1.82, 2.24) is 0 Å². The van der Waals surface area contributed by atoms with E-state index in [-0.39, 0.29) is 34.1 Å². The molecule has 18 heavy (non-hydrogen) atoms. The number of hydrogen-bond donors (Lipinski definition) is 2. The van der Waals surface area contributed by atoms with Crippen molar-refractivity contribution in [2.45, 2.75) is 13.8 Å². The molecular formula is C14H16N2Te2. The topological polar surface area (TPSA) is 52.0 Å². The fraction of sp³-hybridized carbons (Fsp3) is 0.143. The number of nitrogens with two attached hydrogens (primary N) is 2. The molecule has 0 heterocycles. The summed E-state index contributed by atoms with van der Waals surface area (Å²) in [7, 11) is 0. The summed E-state index contributed by atoms with van der Waals surface area (Å²) in [4.78, 5) is 0. The molecule has 2 aromatic rings. The molecule has 0 unspecified atom stereocenters. The number of nitrogen functional groups attached to an aromatic ring is 2. The van der Waals surface area contributed by atoms with Gasteiger partial charge < -0.3 is 0 Å². The van der Waals surface area contributed by atoms with Crippen LogP contribution < -0.4 is 18.7 Å². The molecule has 2 aromatic carbocycles. The Labute approximate surface area is 124 Å². The molecule has 0 atom stereocenters. The summed E-state index contributed by atoms with van der Waals surface area (Å²) in [5.74, 6) is 0. The average Bonchev–Trinajstić information content (AvgIpc) is 2.30. The van der Waals surface area contributed by atoms with Gasteiger partial charge >= 0.3 is 126 Å². The summed E-state index contributed by atoms with van der Waals surface area (Å²) in [6.45, 7) is 4.16. The van der Waals surface area contributed by atoms with Crippen molar-refractivity contribution in [1.29, 1.82) is 0 Å². The van der Waals surface area contributed by atoms with Gasteiger partial charge in [-0.1, -0.05) is 0 Å². The third kappa shape index (κ3) is 3.56. The Morgan fingerprint density at radius 3 is 1.44 bits per heavy atom. The van der Waals surface area contributed by atoms with Gasteiger partial charge in [-0.2, -0.15) is 0 Å². The zero-order valence-corrected chi connectivity index (χ0v) is 15.1. The van der Waals surface area contributed by atoms with E-state index >= 15 is 0 Å². The van der Waals surface area contributed by atoms with Gasteiger partial charge in [-0.25, -0.2) is 0 Å². The van der Waals surface area contributed by atoms with Crippen LogP contribution in [0.3, 0.4) is 0 Å². The maximum absolute atomic E-state index is 6.07. The Morgan fingerprint density at radius 1 is 0.722 bits per heavy atom. The Hall–Kier alpha value is -0.381. The normalized spacial score (nSPS) is 10.6. The number of rotatable bonds is 3. The van der Waals surface area contributed by atoms with E-state index < -0.39 is 0 Å². The molecule has 2 rings (SSSR count). The van der Waals surface area contributed by atoms with Gasteiger partial charge in [-0.3, -0.25) is 0 Å². The quantitative estimate of drug-likeness (QED) is 0.517. The van der Waals surface area contributed by atoms with Crippen LogP contribution in [0.15, 0.2) is 36.4 Å². The number of anilines is 2. The average molecular weight is 467 g/mol. The first-order valence-electron chi connectivity index (χ1n) is 5.63. The fourth-order valence-electron chi connectivity index (χ4n) is 1.58. The second-order valence-corrected chi connectivity index (χ2v) is 14.1. The molecular weight excluding hydrogens is 451 g/mol. The van der Waals surface area contributed by atoms with Gasteiger partial charge in [0.05, 0.1) is 0 Å². The van der Waals surface area contributed by atoms with E-state index in [0.717, 1.165) is 11.4 Å². The zero-order chi connectivity index (χ0) is 13.1. The van der Waals surface area contributed by atoms with Crippen molar-refractivity contribution >= 4 is 52.7 Å². The predicted octanol–water partition coefficient (Wildman–Crippen LogP) is 0.742. The van der Waals surface area contributed by atoms with Gasteiger partial charge in [-0.15, -0.1) is 0 Å². The molecule has 0 aliphatic carbocycles. The third-order valence-electron chi connectivity index (χ3n) is 2.55. The molecule has 0 spiro atoms. The van der Waals surface area contributed by atoms with Crippen LogP contribution in [-0.2, 0) is 0 Å². The minimum atomic E-state index is -0.179. The van der Waals surface area contributed by atoms with E-state index in [1.807, 2.05) is 0 Å². The van der Waals surface area contributed by atoms with Crippen molar-refractivity contribution < 1.29 is 0 Å². The van der Waals surface area contributed by atoms with E-state index in [9.17, 15) is 0 Å². The molecule has 2 nitrogen and oxygen atoms in total. The molecule has 0 amide bonds. The molecule has 94 valence electrons. The Morgan fingerprint density at radius 2 is 1.11 bits per heavy atom. The second kappa shape index (κ2) is 6.18. The molecule has 0 fully saturated rings. The third-order valence-corrected chi connectivity index (χ3v) is 14.4. The first-order chi connectivity index (χ1) is 8.56. The Kier molecular flexibility index (Phi) is 4.82. The van der Waals surface area contributed by atoms with Crippen molar-refractivity contribution in [2.75, 3.05) is 11.5 Å². The Balaban J connectivity index is 2.11. The van der Waals surface area contributed by atoms with Gasteiger partial charge in [0, 0.05) is 0 Å². The minimum absolute atomic E-state index is 0.179. The zero-order valence-electron chi connectivity index (χ0n) is 10.4. The standard InChI is InChI=1S/C14H16N2Te2/c1-9-3-5-13(11(15)7-9)17-18-14-6-4-10(2)8-12(14)16/h3-8H,15-16H2,1-2H3. The van der Waals surface area contributed by atoms with E-state index in [1.54, 1.807) is 0 Å². The molecule has 0 radical (unpaired) electrons. The summed E-state index contributed by atoms with van der Waals surface area (Å²) < 4.78 is 2.77. The van der Waals surface area contributed by atoms with E-state index in [2.05, 4.69) is 50.2 Å². The van der Waals surface area contributed by atoms with E-state index in [0.29, 0.717) is 0 Å². The van der Waals surface area contributed by atoms with Crippen molar-refractivity contribution in [2.24, 2.45) is 0 Å². The number of hydrogen-bond acceptors (Lipinski definition) is 2. The van der Waals surface area contributed by atoms with Crippen LogP contribution in [0.1, 0.15) is 11.1 Å². The van der Waals surface area contributed by atoms with Gasteiger partial charge in [0.1, 0.15) is 0 Å². The van der Waals surface area contributed by atoms with Crippen molar-refractivity contribution in [3.05, 3.63) is 47.5 Å². The monoisotopic (exact) mass is 472 g/mol. The van der Waals surface area contributed by atoms with E-state index in [4.69, 9.17) is 11.5 Å². The molecule has 0 bridgehead atoms. The molecule has 0 aromatic heterocycles. The van der Waals surface area contributed by atoms with Crippen molar-refractivity contribution in [3.8, 4) is 0 Å². The summed E-state index contributed by atoms with van der Waals surface area (Å²) in [6, 6.07) is 12.9. The molecule has 4 heteroatoms. The van der Waals surface area contributed by atoms with Crippen LogP contribution in [0.2, 0.25) is 0 Å². The van der Waals surface area contributed by atoms with Crippen LogP contribution in [0, 0.1) is 13.8 Å².